The zero-order valence-corrected chi connectivity index (χ0v) is 45.6. The van der Waals surface area contributed by atoms with Gasteiger partial charge in [-0.3, -0.25) is 0 Å². The molecule has 0 amide bonds. The first-order valence-corrected chi connectivity index (χ1v) is 27.7. The second-order valence-corrected chi connectivity index (χ2v) is 25.0. The fraction of sp³-hybridized carbons (Fsp3) is 0.239. The van der Waals surface area contributed by atoms with Gasteiger partial charge in [0.25, 0.3) is 6.71 Å². The first kappa shape index (κ1) is 46.8. The normalized spacial score (nSPS) is 18.6. The third kappa shape index (κ3) is 6.89. The van der Waals surface area contributed by atoms with Gasteiger partial charge in [0.1, 0.15) is 11.2 Å². The van der Waals surface area contributed by atoms with Crippen LogP contribution < -0.4 is 31.1 Å². The smallest absolute Gasteiger partial charge is 0.252 e. The largest absolute Gasteiger partial charge is 0.456 e. The van der Waals surface area contributed by atoms with E-state index in [9.17, 15) is 0 Å². The number of furan rings is 1. The van der Waals surface area contributed by atoms with Crippen molar-refractivity contribution in [3.63, 3.8) is 0 Å². The molecular formula is C71H66BN3O. The van der Waals surface area contributed by atoms with Gasteiger partial charge in [0, 0.05) is 67.6 Å². The molecule has 1 aliphatic carbocycles. The SMILES string of the molecule is Cc1cc2c3c(c1)N(c1ccc(C(C)(C)C)cc1-c1ccccc1)c1cc(N4c5ccc(-c6ccccc6)cc5C5(C)CCCCC45C)ccc1B3c1ccc(C(C)(C)C)cc1N2c1ccc2c(c1)oc1ccccc12. The lowest BCUT2D eigenvalue weighted by molar-refractivity contribution is 0.195. The number of aryl methyl sites for hydroxylation is 1. The van der Waals surface area contributed by atoms with Gasteiger partial charge in [-0.2, -0.15) is 0 Å². The first-order chi connectivity index (χ1) is 36.6. The van der Waals surface area contributed by atoms with E-state index in [1.165, 1.54) is 114 Å². The van der Waals surface area contributed by atoms with Crippen molar-refractivity contribution in [2.75, 3.05) is 14.7 Å². The highest BCUT2D eigenvalue weighted by atomic mass is 16.3. The Hall–Kier alpha value is -7.76. The van der Waals surface area contributed by atoms with E-state index in [4.69, 9.17) is 4.42 Å². The van der Waals surface area contributed by atoms with Crippen molar-refractivity contribution in [2.45, 2.75) is 110 Å². The monoisotopic (exact) mass is 988 g/mol. The molecule has 4 aliphatic rings. The summed E-state index contributed by atoms with van der Waals surface area (Å²) < 4.78 is 6.66. The number of hydrogen-bond donors (Lipinski definition) is 0. The molecule has 3 aliphatic heterocycles. The van der Waals surface area contributed by atoms with Gasteiger partial charge in [-0.1, -0.05) is 171 Å². The van der Waals surface area contributed by atoms with Crippen LogP contribution in [-0.2, 0) is 16.2 Å². The van der Waals surface area contributed by atoms with Crippen LogP contribution in [0.1, 0.15) is 103 Å². The van der Waals surface area contributed by atoms with Crippen molar-refractivity contribution in [1.29, 1.82) is 0 Å². The molecule has 0 spiro atoms. The minimum absolute atomic E-state index is 0.0369. The molecule has 2 atom stereocenters. The molecule has 0 saturated heterocycles. The number of anilines is 8. The van der Waals surface area contributed by atoms with Crippen LogP contribution >= 0.6 is 0 Å². The van der Waals surface area contributed by atoms with E-state index in [1.807, 2.05) is 0 Å². The topological polar surface area (TPSA) is 22.9 Å². The van der Waals surface area contributed by atoms with Crippen LogP contribution in [0.2, 0.25) is 0 Å². The Morgan fingerprint density at radius 3 is 1.82 bits per heavy atom. The quantitative estimate of drug-likeness (QED) is 0.160. The van der Waals surface area contributed by atoms with Gasteiger partial charge in [-0.15, -0.1) is 0 Å². The molecule has 9 aromatic carbocycles. The molecular weight excluding hydrogens is 922 g/mol. The lowest BCUT2D eigenvalue weighted by Gasteiger charge is -2.50. The van der Waals surface area contributed by atoms with Gasteiger partial charge in [0.05, 0.1) is 11.2 Å². The standard InChI is InChI=1S/C71H66BN3O/c1-45-38-63-67-64(39-45)74(59-35-28-49(68(2,3)4)41-55(59)47-22-14-11-15-23-47)62-43-52(75-60-34-26-48(46-20-12-10-13-21-46)40-56(60)70(8)36-18-19-37-71(70,75)9)30-33-58(62)72(67)57-32-27-50(69(5,6)7)42-61(57)73(63)51-29-31-54-53-24-16-17-25-65(53)76-66(54)44-51/h10-17,20-35,38-44H,18-19,36-37H2,1-9H3. The maximum Gasteiger partial charge on any atom is 0.252 e. The van der Waals surface area contributed by atoms with Crippen molar-refractivity contribution in [3.05, 3.63) is 210 Å². The second-order valence-electron chi connectivity index (χ2n) is 25.0. The van der Waals surface area contributed by atoms with Gasteiger partial charge in [-0.05, 0) is 166 Å². The van der Waals surface area contributed by atoms with Crippen LogP contribution in [0, 0.1) is 6.92 Å². The summed E-state index contributed by atoms with van der Waals surface area (Å²) in [6.45, 7) is 21.4. The maximum absolute atomic E-state index is 6.66. The van der Waals surface area contributed by atoms with Crippen LogP contribution in [0.15, 0.2) is 192 Å². The molecule has 4 heterocycles. The molecule has 0 N–H and O–H groups in total. The Balaban J connectivity index is 1.05. The Morgan fingerprint density at radius 2 is 1.07 bits per heavy atom. The van der Waals surface area contributed by atoms with Crippen molar-refractivity contribution in [1.82, 2.24) is 0 Å². The third-order valence-corrected chi connectivity index (χ3v) is 18.3. The molecule has 1 fully saturated rings. The molecule has 2 unspecified atom stereocenters. The zero-order valence-electron chi connectivity index (χ0n) is 45.6. The molecule has 374 valence electrons. The molecule has 10 aromatic rings. The van der Waals surface area contributed by atoms with Crippen molar-refractivity contribution < 1.29 is 4.42 Å². The predicted octanol–water partition coefficient (Wildman–Crippen LogP) is 17.6. The zero-order chi connectivity index (χ0) is 52.0. The van der Waals surface area contributed by atoms with Gasteiger partial charge < -0.3 is 19.1 Å². The number of benzene rings is 9. The number of hydrogen-bond acceptors (Lipinski definition) is 4. The number of rotatable bonds is 5. The lowest BCUT2D eigenvalue weighted by atomic mass is 9.33. The Morgan fingerprint density at radius 1 is 0.461 bits per heavy atom. The number of fused-ring (bicyclic) bond motifs is 10. The highest BCUT2D eigenvalue weighted by Crippen LogP contribution is 2.62. The van der Waals surface area contributed by atoms with E-state index < -0.39 is 0 Å². The average molecular weight is 988 g/mol. The maximum atomic E-state index is 6.66. The molecule has 1 aromatic heterocycles. The summed E-state index contributed by atoms with van der Waals surface area (Å²) in [6, 6.07) is 71.7. The number of para-hydroxylation sites is 1. The van der Waals surface area contributed by atoms with Gasteiger partial charge in [-0.25, -0.2) is 0 Å². The summed E-state index contributed by atoms with van der Waals surface area (Å²) in [5.74, 6) is 0. The van der Waals surface area contributed by atoms with Crippen molar-refractivity contribution in [3.8, 4) is 22.3 Å². The Bertz CT molecular complexity index is 3990. The summed E-state index contributed by atoms with van der Waals surface area (Å²) in [6.07, 6.45) is 4.73. The third-order valence-electron chi connectivity index (χ3n) is 18.3. The van der Waals surface area contributed by atoms with E-state index >= 15 is 0 Å². The van der Waals surface area contributed by atoms with E-state index in [-0.39, 0.29) is 28.5 Å². The van der Waals surface area contributed by atoms with Crippen LogP contribution in [0.3, 0.4) is 0 Å². The molecule has 0 radical (unpaired) electrons. The number of nitrogens with zero attached hydrogens (tertiary/aromatic N) is 3. The lowest BCUT2D eigenvalue weighted by Crippen LogP contribution is -2.61. The van der Waals surface area contributed by atoms with Crippen molar-refractivity contribution in [2.24, 2.45) is 0 Å². The van der Waals surface area contributed by atoms with E-state index in [1.54, 1.807) is 0 Å². The highest BCUT2D eigenvalue weighted by Gasteiger charge is 2.58. The molecule has 1 saturated carbocycles. The average Bonchev–Trinajstić information content (AvgIpc) is 4.06. The minimum Gasteiger partial charge on any atom is -0.456 e. The van der Waals surface area contributed by atoms with E-state index in [0.29, 0.717) is 0 Å². The van der Waals surface area contributed by atoms with E-state index in [2.05, 4.69) is 265 Å². The van der Waals surface area contributed by atoms with Gasteiger partial charge in [0.15, 0.2) is 0 Å². The summed E-state index contributed by atoms with van der Waals surface area (Å²) in [5, 5.41) is 2.27. The molecule has 0 bridgehead atoms. The Labute approximate surface area is 449 Å². The van der Waals surface area contributed by atoms with E-state index in [0.717, 1.165) is 40.5 Å². The Kier molecular flexibility index (Phi) is 10.2. The minimum atomic E-state index is -0.135. The van der Waals surface area contributed by atoms with Crippen LogP contribution in [0.5, 0.6) is 0 Å². The van der Waals surface area contributed by atoms with Crippen LogP contribution in [0.25, 0.3) is 44.2 Å². The van der Waals surface area contributed by atoms with Crippen LogP contribution in [-0.4, -0.2) is 12.3 Å². The first-order valence-electron chi connectivity index (χ1n) is 27.7. The summed E-state index contributed by atoms with van der Waals surface area (Å²) in [5.41, 5.74) is 25.5. The van der Waals surface area contributed by atoms with Gasteiger partial charge >= 0.3 is 0 Å². The fourth-order valence-electron chi connectivity index (χ4n) is 14.1. The summed E-state index contributed by atoms with van der Waals surface area (Å²) in [7, 11) is 0. The summed E-state index contributed by atoms with van der Waals surface area (Å²) >= 11 is 0. The second kappa shape index (κ2) is 16.6. The predicted molar refractivity (Wildman–Crippen MR) is 324 cm³/mol. The van der Waals surface area contributed by atoms with Gasteiger partial charge in [0.2, 0.25) is 0 Å². The molecule has 76 heavy (non-hydrogen) atoms. The van der Waals surface area contributed by atoms with Crippen LogP contribution in [0.4, 0.5) is 45.5 Å². The summed E-state index contributed by atoms with van der Waals surface area (Å²) in [4.78, 5) is 7.98. The molecule has 5 heteroatoms. The van der Waals surface area contributed by atoms with Crippen molar-refractivity contribution >= 4 is 90.5 Å². The highest BCUT2D eigenvalue weighted by molar-refractivity contribution is 7.00. The molecule has 4 nitrogen and oxygen atoms in total. The fourth-order valence-corrected chi connectivity index (χ4v) is 14.1. The molecule has 14 rings (SSSR count).